The molecule has 1 fully saturated rings. The first kappa shape index (κ1) is 15.9. The number of nitrogens with two attached hydrogens (primary N) is 1. The van der Waals surface area contributed by atoms with E-state index in [1.54, 1.807) is 11.3 Å². The number of benzene rings is 1. The number of aryl methyl sites for hydroxylation is 1. The highest BCUT2D eigenvalue weighted by molar-refractivity contribution is 7.13. The number of amides is 1. The average Bonchev–Trinajstić information content (AvgIpc) is 3.18. The van der Waals surface area contributed by atoms with E-state index in [9.17, 15) is 4.79 Å². The molecular formula is C16H20N4O2S. The van der Waals surface area contributed by atoms with Gasteiger partial charge >= 0.3 is 0 Å². The Kier molecular flexibility index (Phi) is 4.90. The van der Waals surface area contributed by atoms with E-state index in [2.05, 4.69) is 15.6 Å². The van der Waals surface area contributed by atoms with E-state index in [0.717, 1.165) is 35.0 Å². The lowest BCUT2D eigenvalue weighted by molar-refractivity contribution is -0.126. The first-order valence-electron chi connectivity index (χ1n) is 7.59. The maximum atomic E-state index is 12.2. The predicted octanol–water partition coefficient (Wildman–Crippen LogP) is 2.64. The normalized spacial score (nSPS) is 20.4. The van der Waals surface area contributed by atoms with Crippen molar-refractivity contribution in [3.63, 3.8) is 0 Å². The van der Waals surface area contributed by atoms with Gasteiger partial charge in [-0.3, -0.25) is 4.79 Å². The maximum Gasteiger partial charge on any atom is 0.253 e. The number of carbonyl (C=O) groups is 1. The van der Waals surface area contributed by atoms with Crippen molar-refractivity contribution in [2.75, 3.05) is 17.2 Å². The quantitative estimate of drug-likeness (QED) is 0.783. The summed E-state index contributed by atoms with van der Waals surface area (Å²) in [5, 5.41) is 8.95. The van der Waals surface area contributed by atoms with Crippen LogP contribution in [0.15, 0.2) is 29.6 Å². The van der Waals surface area contributed by atoms with Gasteiger partial charge in [-0.25, -0.2) is 4.98 Å². The van der Waals surface area contributed by atoms with Crippen molar-refractivity contribution in [1.82, 2.24) is 4.98 Å². The lowest BCUT2D eigenvalue weighted by Crippen LogP contribution is -2.29. The zero-order valence-electron chi connectivity index (χ0n) is 12.9. The molecule has 122 valence electrons. The first-order chi connectivity index (χ1) is 11.1. The molecule has 1 aromatic carbocycles. The number of hydrogen-bond donors (Lipinski definition) is 3. The monoisotopic (exact) mass is 332 g/mol. The van der Waals surface area contributed by atoms with Crippen molar-refractivity contribution >= 4 is 33.8 Å². The Morgan fingerprint density at radius 2 is 2.09 bits per heavy atom. The molecule has 0 radical (unpaired) electrons. The molecule has 2 atom stereocenters. The predicted molar refractivity (Wildman–Crippen MR) is 92.2 cm³/mol. The summed E-state index contributed by atoms with van der Waals surface area (Å²) in [5.41, 5.74) is 8.23. The highest BCUT2D eigenvalue weighted by Crippen LogP contribution is 2.23. The number of rotatable bonds is 5. The van der Waals surface area contributed by atoms with Crippen LogP contribution in [0.5, 0.6) is 0 Å². The third kappa shape index (κ3) is 4.07. The van der Waals surface area contributed by atoms with E-state index in [1.165, 1.54) is 0 Å². The van der Waals surface area contributed by atoms with Crippen LogP contribution in [0.3, 0.4) is 0 Å². The smallest absolute Gasteiger partial charge is 0.253 e. The number of hydrogen-bond acceptors (Lipinski definition) is 6. The lowest BCUT2D eigenvalue weighted by atomic mass is 10.2. The molecule has 6 nitrogen and oxygen atoms in total. The third-order valence-corrected chi connectivity index (χ3v) is 4.56. The number of carbonyl (C=O) groups excluding carboxylic acids is 1. The van der Waals surface area contributed by atoms with Crippen LogP contribution < -0.4 is 16.4 Å². The number of thiazole rings is 1. The molecule has 3 rings (SSSR count). The van der Waals surface area contributed by atoms with E-state index >= 15 is 0 Å². The van der Waals surface area contributed by atoms with Gasteiger partial charge in [0.05, 0.1) is 11.8 Å². The summed E-state index contributed by atoms with van der Waals surface area (Å²) in [7, 11) is 0. The minimum Gasteiger partial charge on any atom is -0.364 e. The Morgan fingerprint density at radius 3 is 2.70 bits per heavy atom. The molecule has 1 amide bonds. The van der Waals surface area contributed by atoms with Gasteiger partial charge in [0.2, 0.25) is 0 Å². The minimum atomic E-state index is -0.403. The zero-order valence-corrected chi connectivity index (χ0v) is 13.7. The van der Waals surface area contributed by atoms with Gasteiger partial charge in [0.25, 0.3) is 5.91 Å². The van der Waals surface area contributed by atoms with Crippen molar-refractivity contribution in [2.24, 2.45) is 5.73 Å². The van der Waals surface area contributed by atoms with Crippen molar-refractivity contribution < 1.29 is 9.53 Å². The van der Waals surface area contributed by atoms with Crippen LogP contribution in [-0.4, -0.2) is 29.6 Å². The Morgan fingerprint density at radius 1 is 1.35 bits per heavy atom. The molecule has 0 unspecified atom stereocenters. The summed E-state index contributed by atoms with van der Waals surface area (Å²) >= 11 is 1.56. The molecule has 2 aromatic rings. The van der Waals surface area contributed by atoms with E-state index in [4.69, 9.17) is 10.5 Å². The largest absolute Gasteiger partial charge is 0.364 e. The van der Waals surface area contributed by atoms with Crippen LogP contribution in [-0.2, 0) is 9.53 Å². The number of aromatic nitrogens is 1. The molecule has 23 heavy (non-hydrogen) atoms. The minimum absolute atomic E-state index is 0.000853. The van der Waals surface area contributed by atoms with Crippen LogP contribution in [0.2, 0.25) is 0 Å². The molecule has 4 N–H and O–H groups in total. The Labute approximate surface area is 139 Å². The number of ether oxygens (including phenoxy) is 1. The third-order valence-electron chi connectivity index (χ3n) is 3.69. The van der Waals surface area contributed by atoms with Gasteiger partial charge in [-0.1, -0.05) is 0 Å². The van der Waals surface area contributed by atoms with E-state index < -0.39 is 6.10 Å². The number of anilines is 3. The van der Waals surface area contributed by atoms with Gasteiger partial charge in [0, 0.05) is 23.3 Å². The summed E-state index contributed by atoms with van der Waals surface area (Å²) in [4.78, 5) is 16.5. The van der Waals surface area contributed by atoms with Crippen LogP contribution in [0.25, 0.3) is 0 Å². The van der Waals surface area contributed by atoms with Crippen molar-refractivity contribution in [2.45, 2.75) is 32.0 Å². The first-order valence-corrected chi connectivity index (χ1v) is 8.47. The molecule has 2 heterocycles. The molecule has 0 spiro atoms. The fourth-order valence-electron chi connectivity index (χ4n) is 2.47. The second-order valence-corrected chi connectivity index (χ2v) is 6.40. The fourth-order valence-corrected chi connectivity index (χ4v) is 3.17. The highest BCUT2D eigenvalue weighted by Gasteiger charge is 2.29. The number of nitrogens with one attached hydrogen (secondary N) is 2. The van der Waals surface area contributed by atoms with Gasteiger partial charge in [-0.15, -0.1) is 11.3 Å². The molecule has 1 aliphatic rings. The second-order valence-electron chi connectivity index (χ2n) is 5.55. The summed E-state index contributed by atoms with van der Waals surface area (Å²) in [6.45, 7) is 2.42. The molecule has 0 aliphatic carbocycles. The molecular weight excluding hydrogens is 312 g/mol. The lowest BCUT2D eigenvalue weighted by Gasteiger charge is -2.13. The highest BCUT2D eigenvalue weighted by atomic mass is 32.1. The SMILES string of the molecule is Cc1csc(Nc2ccc(NC(=O)[C@@H]3CC[C@H](CN)O3)cc2)n1. The van der Waals surface area contributed by atoms with Crippen molar-refractivity contribution in [1.29, 1.82) is 0 Å². The van der Waals surface area contributed by atoms with Gasteiger partial charge in [0.1, 0.15) is 6.10 Å². The van der Waals surface area contributed by atoms with E-state index in [-0.39, 0.29) is 12.0 Å². The molecule has 7 heteroatoms. The van der Waals surface area contributed by atoms with Gasteiger partial charge in [-0.2, -0.15) is 0 Å². The fraction of sp³-hybridized carbons (Fsp3) is 0.375. The Bertz CT molecular complexity index is 671. The summed E-state index contributed by atoms with van der Waals surface area (Å²) in [6.07, 6.45) is 1.15. The Hall–Kier alpha value is -1.96. The second kappa shape index (κ2) is 7.08. The Balaban J connectivity index is 1.56. The summed E-state index contributed by atoms with van der Waals surface area (Å²) < 4.78 is 5.59. The summed E-state index contributed by atoms with van der Waals surface area (Å²) in [5.74, 6) is -0.114. The van der Waals surface area contributed by atoms with Crippen LogP contribution in [0.4, 0.5) is 16.5 Å². The van der Waals surface area contributed by atoms with Gasteiger partial charge in [0.15, 0.2) is 5.13 Å². The molecule has 1 aliphatic heterocycles. The van der Waals surface area contributed by atoms with Gasteiger partial charge < -0.3 is 21.1 Å². The zero-order chi connectivity index (χ0) is 16.2. The topological polar surface area (TPSA) is 89.3 Å². The summed E-state index contributed by atoms with van der Waals surface area (Å²) in [6, 6.07) is 7.53. The van der Waals surface area contributed by atoms with Crippen molar-refractivity contribution in [3.8, 4) is 0 Å². The average molecular weight is 332 g/mol. The van der Waals surface area contributed by atoms with Crippen LogP contribution in [0.1, 0.15) is 18.5 Å². The van der Waals surface area contributed by atoms with Crippen LogP contribution >= 0.6 is 11.3 Å². The molecule has 1 aromatic heterocycles. The van der Waals surface area contributed by atoms with Gasteiger partial charge in [-0.05, 0) is 44.0 Å². The van der Waals surface area contributed by atoms with E-state index in [1.807, 2.05) is 36.6 Å². The van der Waals surface area contributed by atoms with E-state index in [0.29, 0.717) is 6.54 Å². The van der Waals surface area contributed by atoms with Crippen molar-refractivity contribution in [3.05, 3.63) is 35.3 Å². The molecule has 0 bridgehead atoms. The van der Waals surface area contributed by atoms with Crippen LogP contribution in [0, 0.1) is 6.92 Å². The molecule has 1 saturated heterocycles. The number of nitrogens with zero attached hydrogens (tertiary/aromatic N) is 1. The maximum absolute atomic E-state index is 12.2. The standard InChI is InChI=1S/C16H20N4O2S/c1-10-9-23-16(18-10)20-12-4-2-11(3-5-12)19-15(21)14-7-6-13(8-17)22-14/h2-5,9,13-14H,6-8,17H2,1H3,(H,18,20)(H,19,21)/t13-,14+/m1/s1. The molecule has 0 saturated carbocycles.